The molecule has 2 aromatic rings. The van der Waals surface area contributed by atoms with Crippen LogP contribution >= 0.6 is 11.3 Å². The van der Waals surface area contributed by atoms with Gasteiger partial charge < -0.3 is 15.5 Å². The van der Waals surface area contributed by atoms with Gasteiger partial charge in [0.2, 0.25) is 0 Å². The van der Waals surface area contributed by atoms with Crippen molar-refractivity contribution in [1.82, 2.24) is 0 Å². The van der Waals surface area contributed by atoms with Crippen LogP contribution < -0.4 is 5.32 Å². The molecule has 0 atom stereocenters. The van der Waals surface area contributed by atoms with E-state index >= 15 is 0 Å². The molecule has 2 rings (SSSR count). The Balaban J connectivity index is 2.05. The van der Waals surface area contributed by atoms with Gasteiger partial charge in [0.15, 0.2) is 0 Å². The molecular formula is C14H12FNO4S. The molecule has 1 aromatic carbocycles. The maximum absolute atomic E-state index is 13.6. The van der Waals surface area contributed by atoms with Gasteiger partial charge in [-0.25, -0.2) is 9.18 Å². The van der Waals surface area contributed by atoms with Crippen molar-refractivity contribution in [3.63, 3.8) is 0 Å². The summed E-state index contributed by atoms with van der Waals surface area (Å²) in [6.07, 6.45) is -0.0481. The first-order valence-electron chi connectivity index (χ1n) is 6.02. The number of benzene rings is 1. The lowest BCUT2D eigenvalue weighted by Crippen LogP contribution is -2.03. The number of carboxylic acids is 2. The van der Waals surface area contributed by atoms with Crippen molar-refractivity contribution in [2.45, 2.75) is 13.0 Å². The summed E-state index contributed by atoms with van der Waals surface area (Å²) >= 11 is 1.31. The molecule has 0 spiro atoms. The molecule has 1 aromatic heterocycles. The number of hydrogen-bond acceptors (Lipinski definition) is 4. The number of aromatic carboxylic acids is 1. The topological polar surface area (TPSA) is 86.6 Å². The highest BCUT2D eigenvalue weighted by molar-refractivity contribution is 7.12. The van der Waals surface area contributed by atoms with Gasteiger partial charge >= 0.3 is 11.9 Å². The Labute approximate surface area is 123 Å². The summed E-state index contributed by atoms with van der Waals surface area (Å²) < 4.78 is 13.6. The Morgan fingerprint density at radius 1 is 1.14 bits per heavy atom. The number of nitrogens with one attached hydrogen (secondary N) is 1. The van der Waals surface area contributed by atoms with Crippen LogP contribution in [0.25, 0.3) is 0 Å². The van der Waals surface area contributed by atoms with Crippen LogP contribution in [0.15, 0.2) is 30.3 Å². The first-order chi connectivity index (χ1) is 9.95. The minimum absolute atomic E-state index is 0.00311. The molecule has 0 radical (unpaired) electrons. The Morgan fingerprint density at radius 3 is 2.52 bits per heavy atom. The first-order valence-corrected chi connectivity index (χ1v) is 6.83. The van der Waals surface area contributed by atoms with Gasteiger partial charge in [0, 0.05) is 16.3 Å². The summed E-state index contributed by atoms with van der Waals surface area (Å²) in [6, 6.07) is 6.98. The second-order valence-electron chi connectivity index (χ2n) is 4.29. The van der Waals surface area contributed by atoms with Crippen molar-refractivity contribution < 1.29 is 24.2 Å². The van der Waals surface area contributed by atoms with E-state index in [9.17, 15) is 14.0 Å². The molecule has 0 fully saturated rings. The Morgan fingerprint density at radius 2 is 1.86 bits per heavy atom. The molecule has 0 aliphatic carbocycles. The van der Waals surface area contributed by atoms with Crippen LogP contribution in [-0.4, -0.2) is 22.2 Å². The lowest BCUT2D eigenvalue weighted by atomic mass is 10.2. The smallest absolute Gasteiger partial charge is 0.335 e. The third-order valence-electron chi connectivity index (χ3n) is 2.71. The van der Waals surface area contributed by atoms with E-state index in [0.29, 0.717) is 11.4 Å². The van der Waals surface area contributed by atoms with Crippen LogP contribution in [0.4, 0.5) is 10.1 Å². The largest absolute Gasteiger partial charge is 0.481 e. The third-order valence-corrected chi connectivity index (χ3v) is 3.79. The summed E-state index contributed by atoms with van der Waals surface area (Å²) in [5.74, 6) is -2.57. The predicted octanol–water partition coefficient (Wildman–Crippen LogP) is 2.82. The molecule has 5 nitrogen and oxygen atoms in total. The molecule has 0 aliphatic heterocycles. The van der Waals surface area contributed by atoms with E-state index in [4.69, 9.17) is 10.2 Å². The summed E-state index contributed by atoms with van der Waals surface area (Å²) in [6.45, 7) is 0.296. The molecule has 7 heteroatoms. The van der Waals surface area contributed by atoms with Crippen molar-refractivity contribution >= 4 is 29.0 Å². The van der Waals surface area contributed by atoms with Gasteiger partial charge in [-0.1, -0.05) is 0 Å². The molecule has 21 heavy (non-hydrogen) atoms. The maximum atomic E-state index is 13.6. The van der Waals surface area contributed by atoms with Crippen LogP contribution in [0.2, 0.25) is 0 Å². The van der Waals surface area contributed by atoms with Crippen molar-refractivity contribution in [1.29, 1.82) is 0 Å². The molecule has 0 aliphatic rings. The molecule has 1 heterocycles. The van der Waals surface area contributed by atoms with Gasteiger partial charge in [-0.15, -0.1) is 11.3 Å². The fraction of sp³-hybridized carbons (Fsp3) is 0.143. The van der Waals surface area contributed by atoms with E-state index < -0.39 is 17.8 Å². The minimum atomic E-state index is -1.13. The van der Waals surface area contributed by atoms with Gasteiger partial charge in [0.25, 0.3) is 0 Å². The molecule has 0 amide bonds. The van der Waals surface area contributed by atoms with E-state index in [1.165, 1.54) is 23.5 Å². The quantitative estimate of drug-likeness (QED) is 0.764. The SMILES string of the molecule is O=C(O)Cc1ccc(CNc2cc(C(=O)O)ccc2F)s1. The Hall–Kier alpha value is -2.41. The van der Waals surface area contributed by atoms with Gasteiger partial charge in [-0.3, -0.25) is 4.79 Å². The molecule has 0 bridgehead atoms. The third kappa shape index (κ3) is 4.03. The van der Waals surface area contributed by atoms with E-state index in [1.54, 1.807) is 12.1 Å². The van der Waals surface area contributed by atoms with Crippen LogP contribution in [0, 0.1) is 5.82 Å². The molecule has 3 N–H and O–H groups in total. The predicted molar refractivity (Wildman–Crippen MR) is 76.3 cm³/mol. The highest BCUT2D eigenvalue weighted by atomic mass is 32.1. The fourth-order valence-electron chi connectivity index (χ4n) is 1.74. The molecule has 110 valence electrons. The van der Waals surface area contributed by atoms with Crippen molar-refractivity contribution in [2.24, 2.45) is 0 Å². The number of hydrogen-bond donors (Lipinski definition) is 3. The standard InChI is InChI=1S/C14H12FNO4S/c15-11-4-1-8(14(19)20)5-12(11)16-7-10-3-2-9(21-10)6-13(17)18/h1-5,16H,6-7H2,(H,17,18)(H,19,20). The number of halogens is 1. The number of carboxylic acid groups (broad SMARTS) is 2. The zero-order valence-corrected chi connectivity index (χ0v) is 11.6. The van der Waals surface area contributed by atoms with E-state index in [0.717, 1.165) is 10.9 Å². The average Bonchev–Trinajstić information content (AvgIpc) is 2.84. The van der Waals surface area contributed by atoms with Crippen molar-refractivity contribution in [3.05, 3.63) is 51.5 Å². The summed E-state index contributed by atoms with van der Waals surface area (Å²) in [5, 5.41) is 20.4. The highest BCUT2D eigenvalue weighted by Gasteiger charge is 2.09. The molecule has 0 unspecified atom stereocenters. The maximum Gasteiger partial charge on any atom is 0.335 e. The van der Waals surface area contributed by atoms with E-state index in [2.05, 4.69) is 5.32 Å². The van der Waals surface area contributed by atoms with E-state index in [-0.39, 0.29) is 17.7 Å². The number of aliphatic carboxylic acids is 1. The lowest BCUT2D eigenvalue weighted by molar-refractivity contribution is -0.136. The normalized spacial score (nSPS) is 10.3. The van der Waals surface area contributed by atoms with Gasteiger partial charge in [0.1, 0.15) is 5.82 Å². The Bertz CT molecular complexity index is 683. The van der Waals surface area contributed by atoms with Gasteiger partial charge in [-0.2, -0.15) is 0 Å². The number of carbonyl (C=O) groups is 2. The Kier molecular flexibility index (Phi) is 4.54. The fourth-order valence-corrected chi connectivity index (χ4v) is 2.69. The monoisotopic (exact) mass is 309 g/mol. The molecule has 0 saturated carbocycles. The zero-order valence-electron chi connectivity index (χ0n) is 10.8. The first kappa shape index (κ1) is 15.0. The number of thiophene rings is 1. The van der Waals surface area contributed by atoms with Crippen LogP contribution in [0.3, 0.4) is 0 Å². The second kappa shape index (κ2) is 6.36. The van der Waals surface area contributed by atoms with Gasteiger partial charge in [-0.05, 0) is 30.3 Å². The lowest BCUT2D eigenvalue weighted by Gasteiger charge is -2.07. The summed E-state index contributed by atoms with van der Waals surface area (Å²) in [5.41, 5.74) is 0.0970. The summed E-state index contributed by atoms with van der Waals surface area (Å²) in [7, 11) is 0. The minimum Gasteiger partial charge on any atom is -0.481 e. The van der Waals surface area contributed by atoms with Crippen LogP contribution in [0.5, 0.6) is 0 Å². The van der Waals surface area contributed by atoms with Crippen molar-refractivity contribution in [3.8, 4) is 0 Å². The van der Waals surface area contributed by atoms with Gasteiger partial charge in [0.05, 0.1) is 17.7 Å². The number of anilines is 1. The molecular weight excluding hydrogens is 297 g/mol. The summed E-state index contributed by atoms with van der Waals surface area (Å²) in [4.78, 5) is 23.0. The van der Waals surface area contributed by atoms with Crippen molar-refractivity contribution in [2.75, 3.05) is 5.32 Å². The molecule has 0 saturated heterocycles. The van der Waals surface area contributed by atoms with E-state index in [1.807, 2.05) is 0 Å². The van der Waals surface area contributed by atoms with Crippen LogP contribution in [0.1, 0.15) is 20.1 Å². The second-order valence-corrected chi connectivity index (χ2v) is 5.54. The number of rotatable bonds is 6. The highest BCUT2D eigenvalue weighted by Crippen LogP contribution is 2.21. The zero-order chi connectivity index (χ0) is 15.4. The van der Waals surface area contributed by atoms with Crippen LogP contribution in [-0.2, 0) is 17.8 Å². The average molecular weight is 309 g/mol.